The second-order valence-corrected chi connectivity index (χ2v) is 11.5. The van der Waals surface area contributed by atoms with E-state index in [1.165, 1.54) is 0 Å². The first-order valence-electron chi connectivity index (χ1n) is 10.4. The Bertz CT molecular complexity index is 1200. The van der Waals surface area contributed by atoms with Gasteiger partial charge in [-0.2, -0.15) is 4.31 Å². The van der Waals surface area contributed by atoms with Gasteiger partial charge in [0, 0.05) is 30.9 Å². The van der Waals surface area contributed by atoms with Crippen LogP contribution in [0.5, 0.6) is 0 Å². The van der Waals surface area contributed by atoms with E-state index < -0.39 is 10.0 Å². The fraction of sp³-hybridized carbons (Fsp3) is 0.429. The fourth-order valence-electron chi connectivity index (χ4n) is 3.75. The molecule has 10 heteroatoms. The minimum absolute atomic E-state index is 0.125. The van der Waals surface area contributed by atoms with E-state index in [9.17, 15) is 18.0 Å². The summed E-state index contributed by atoms with van der Waals surface area (Å²) in [6.07, 6.45) is 4.04. The Hall–Kier alpha value is -2.01. The second kappa shape index (κ2) is 9.64. The van der Waals surface area contributed by atoms with Gasteiger partial charge in [-0.1, -0.05) is 30.2 Å². The largest absolute Gasteiger partial charge is 0.351 e. The van der Waals surface area contributed by atoms with Gasteiger partial charge in [-0.15, -0.1) is 11.3 Å². The lowest BCUT2D eigenvalue weighted by Crippen LogP contribution is -2.31. The molecule has 4 rings (SSSR count). The van der Waals surface area contributed by atoms with Gasteiger partial charge in [-0.25, -0.2) is 8.42 Å². The smallest absolute Gasteiger partial charge is 0.308 e. The predicted molar refractivity (Wildman–Crippen MR) is 124 cm³/mol. The van der Waals surface area contributed by atoms with Crippen LogP contribution in [0.1, 0.15) is 37.0 Å². The number of aromatic nitrogens is 1. The zero-order valence-corrected chi connectivity index (χ0v) is 19.5. The molecule has 1 N–H and O–H groups in total. The number of fused-ring (bicyclic) bond motifs is 1. The van der Waals surface area contributed by atoms with Crippen LogP contribution in [0.25, 0.3) is 10.2 Å². The van der Waals surface area contributed by atoms with Gasteiger partial charge in [0.15, 0.2) is 0 Å². The molecule has 1 saturated heterocycles. The van der Waals surface area contributed by atoms with Gasteiger partial charge in [0.2, 0.25) is 15.9 Å². The fourth-order valence-corrected chi connectivity index (χ4v) is 6.97. The molecule has 1 fully saturated rings. The summed E-state index contributed by atoms with van der Waals surface area (Å²) in [5.74, 6) is -0.125. The summed E-state index contributed by atoms with van der Waals surface area (Å²) in [5.41, 5.74) is 0.663. The Balaban J connectivity index is 1.48. The summed E-state index contributed by atoms with van der Waals surface area (Å²) in [4.78, 5) is 25.8. The van der Waals surface area contributed by atoms with Gasteiger partial charge < -0.3 is 5.32 Å². The number of carbonyl (C=O) groups is 1. The Kier molecular flexibility index (Phi) is 6.90. The van der Waals surface area contributed by atoms with Crippen molar-refractivity contribution in [1.82, 2.24) is 14.2 Å². The van der Waals surface area contributed by atoms with Crippen molar-refractivity contribution in [3.05, 3.63) is 50.3 Å². The Morgan fingerprint density at radius 1 is 1.10 bits per heavy atom. The number of hydrogen-bond acceptors (Lipinski definition) is 6. The molecule has 1 aromatic carbocycles. The molecule has 3 heterocycles. The molecule has 0 bridgehead atoms. The van der Waals surface area contributed by atoms with E-state index in [-0.39, 0.29) is 28.6 Å². The highest BCUT2D eigenvalue weighted by molar-refractivity contribution is 7.89. The van der Waals surface area contributed by atoms with Crippen molar-refractivity contribution in [2.45, 2.75) is 50.1 Å². The minimum atomic E-state index is -3.57. The maximum Gasteiger partial charge on any atom is 0.308 e. The van der Waals surface area contributed by atoms with E-state index in [0.29, 0.717) is 29.9 Å². The number of aryl methyl sites for hydroxylation is 1. The number of rotatable bonds is 7. The van der Waals surface area contributed by atoms with Crippen LogP contribution in [0, 0.1) is 0 Å². The topological polar surface area (TPSA) is 88.5 Å². The minimum Gasteiger partial charge on any atom is -0.351 e. The van der Waals surface area contributed by atoms with Gasteiger partial charge in [-0.3, -0.25) is 14.2 Å². The molecular formula is C21H25N3O4S3. The van der Waals surface area contributed by atoms with Crippen molar-refractivity contribution < 1.29 is 13.2 Å². The number of carbonyl (C=O) groups excluding carboxylic acids is 1. The molecule has 0 saturated carbocycles. The third-order valence-corrected chi connectivity index (χ3v) is 9.16. The van der Waals surface area contributed by atoms with E-state index in [2.05, 4.69) is 5.32 Å². The zero-order chi connectivity index (χ0) is 21.8. The number of sulfonamides is 1. The number of nitrogens with zero attached hydrogens (tertiary/aromatic N) is 2. The second-order valence-electron chi connectivity index (χ2n) is 7.57. The molecule has 31 heavy (non-hydrogen) atoms. The molecule has 166 valence electrons. The van der Waals surface area contributed by atoms with E-state index >= 15 is 0 Å². The molecule has 1 amide bonds. The van der Waals surface area contributed by atoms with Crippen molar-refractivity contribution in [3.63, 3.8) is 0 Å². The SMILES string of the molecule is O=C(CCn1c(=O)sc2cc(S(=O)(=O)N3CCCCCC3)ccc21)NCc1cccs1. The van der Waals surface area contributed by atoms with Gasteiger partial charge in [0.25, 0.3) is 0 Å². The average Bonchev–Trinajstić information content (AvgIpc) is 3.27. The molecule has 0 spiro atoms. The molecule has 0 aliphatic carbocycles. The number of benzene rings is 1. The lowest BCUT2D eigenvalue weighted by Gasteiger charge is -2.19. The van der Waals surface area contributed by atoms with Crippen molar-refractivity contribution in [2.24, 2.45) is 0 Å². The molecule has 1 aliphatic heterocycles. The van der Waals surface area contributed by atoms with Gasteiger partial charge >= 0.3 is 4.87 Å². The molecular weight excluding hydrogens is 454 g/mol. The van der Waals surface area contributed by atoms with E-state index in [0.717, 1.165) is 41.9 Å². The van der Waals surface area contributed by atoms with Gasteiger partial charge in [0.05, 0.1) is 21.7 Å². The first-order chi connectivity index (χ1) is 14.9. The predicted octanol–water partition coefficient (Wildman–Crippen LogP) is 3.40. The van der Waals surface area contributed by atoms with Crippen LogP contribution in [-0.4, -0.2) is 36.3 Å². The van der Waals surface area contributed by atoms with E-state index in [1.54, 1.807) is 38.4 Å². The number of thiazole rings is 1. The van der Waals surface area contributed by atoms with Crippen molar-refractivity contribution in [1.29, 1.82) is 0 Å². The number of hydrogen-bond donors (Lipinski definition) is 1. The zero-order valence-electron chi connectivity index (χ0n) is 17.1. The first kappa shape index (κ1) is 22.2. The maximum atomic E-state index is 13.1. The molecule has 1 aliphatic rings. The van der Waals surface area contributed by atoms with E-state index in [1.807, 2.05) is 17.5 Å². The van der Waals surface area contributed by atoms with Gasteiger partial charge in [0.1, 0.15) is 0 Å². The summed E-state index contributed by atoms with van der Waals surface area (Å²) in [7, 11) is -3.57. The van der Waals surface area contributed by atoms with Crippen LogP contribution in [0.4, 0.5) is 0 Å². The molecule has 0 radical (unpaired) electrons. The molecule has 0 unspecified atom stereocenters. The monoisotopic (exact) mass is 479 g/mol. The third kappa shape index (κ3) is 5.08. The highest BCUT2D eigenvalue weighted by Gasteiger charge is 2.26. The standard InChI is InChI=1S/C21H25N3O4S3/c25-20(22-15-16-6-5-13-29-16)9-12-24-18-8-7-17(14-19(18)30-21(24)26)31(27,28)23-10-3-1-2-4-11-23/h5-8,13-14H,1-4,9-12,15H2,(H,22,25). The van der Waals surface area contributed by atoms with Crippen LogP contribution in [-0.2, 0) is 27.9 Å². The van der Waals surface area contributed by atoms with Crippen molar-refractivity contribution >= 4 is 48.8 Å². The number of amides is 1. The van der Waals surface area contributed by atoms with Crippen LogP contribution < -0.4 is 10.2 Å². The van der Waals surface area contributed by atoms with Crippen molar-refractivity contribution in [3.8, 4) is 0 Å². The Morgan fingerprint density at radius 3 is 2.58 bits per heavy atom. The summed E-state index contributed by atoms with van der Waals surface area (Å²) >= 11 is 2.60. The normalized spacial score (nSPS) is 15.7. The third-order valence-electron chi connectivity index (χ3n) is 5.44. The average molecular weight is 480 g/mol. The van der Waals surface area contributed by atoms with Crippen molar-refractivity contribution in [2.75, 3.05) is 13.1 Å². The highest BCUT2D eigenvalue weighted by Crippen LogP contribution is 2.25. The van der Waals surface area contributed by atoms with Gasteiger partial charge in [-0.05, 0) is 42.5 Å². The molecule has 7 nitrogen and oxygen atoms in total. The maximum absolute atomic E-state index is 13.1. The van der Waals surface area contributed by atoms with E-state index in [4.69, 9.17) is 0 Å². The van der Waals surface area contributed by atoms with Crippen LogP contribution in [0.3, 0.4) is 0 Å². The number of nitrogens with one attached hydrogen (secondary N) is 1. The lowest BCUT2D eigenvalue weighted by atomic mass is 10.2. The Morgan fingerprint density at radius 2 is 1.87 bits per heavy atom. The summed E-state index contributed by atoms with van der Waals surface area (Å²) in [5, 5.41) is 4.82. The Labute approximate surface area is 189 Å². The lowest BCUT2D eigenvalue weighted by molar-refractivity contribution is -0.121. The van der Waals surface area contributed by atoms with Crippen LogP contribution in [0.2, 0.25) is 0 Å². The number of thiophene rings is 1. The quantitative estimate of drug-likeness (QED) is 0.563. The first-order valence-corrected chi connectivity index (χ1v) is 13.5. The highest BCUT2D eigenvalue weighted by atomic mass is 32.2. The molecule has 3 aromatic rings. The summed E-state index contributed by atoms with van der Waals surface area (Å²) in [6, 6.07) is 8.74. The van der Waals surface area contributed by atoms with Crippen LogP contribution >= 0.6 is 22.7 Å². The molecule has 2 aromatic heterocycles. The summed E-state index contributed by atoms with van der Waals surface area (Å²) in [6.45, 7) is 1.82. The summed E-state index contributed by atoms with van der Waals surface area (Å²) < 4.78 is 29.8. The van der Waals surface area contributed by atoms with Crippen LogP contribution in [0.15, 0.2) is 45.4 Å². The molecule has 0 atom stereocenters.